The Morgan fingerprint density at radius 1 is 1.00 bits per heavy atom. The van der Waals surface area contributed by atoms with E-state index in [-0.39, 0.29) is 0 Å². The summed E-state index contributed by atoms with van der Waals surface area (Å²) >= 11 is 0. The molecule has 0 aliphatic heterocycles. The van der Waals surface area contributed by atoms with E-state index in [0.717, 1.165) is 11.8 Å². The SMILES string of the molecule is O=Cc1ccc(-c2ccccc2)c(C2CC2)c1. The average molecular weight is 222 g/mol. The highest BCUT2D eigenvalue weighted by molar-refractivity contribution is 5.79. The molecule has 0 radical (unpaired) electrons. The highest BCUT2D eigenvalue weighted by Crippen LogP contribution is 2.44. The highest BCUT2D eigenvalue weighted by Gasteiger charge is 2.26. The van der Waals surface area contributed by atoms with Crippen LogP contribution in [0.3, 0.4) is 0 Å². The Morgan fingerprint density at radius 3 is 2.41 bits per heavy atom. The summed E-state index contributed by atoms with van der Waals surface area (Å²) in [6.45, 7) is 0. The number of carbonyl (C=O) groups excluding carboxylic acids is 1. The van der Waals surface area contributed by atoms with Crippen molar-refractivity contribution in [1.29, 1.82) is 0 Å². The summed E-state index contributed by atoms with van der Waals surface area (Å²) in [5.74, 6) is 0.658. The van der Waals surface area contributed by atoms with Gasteiger partial charge in [-0.3, -0.25) is 4.79 Å². The average Bonchev–Trinajstić information content (AvgIpc) is 3.23. The molecule has 2 aromatic carbocycles. The maximum atomic E-state index is 10.8. The fourth-order valence-electron chi connectivity index (χ4n) is 2.27. The normalized spacial score (nSPS) is 14.6. The van der Waals surface area contributed by atoms with E-state index in [1.807, 2.05) is 18.2 Å². The summed E-state index contributed by atoms with van der Waals surface area (Å²) in [7, 11) is 0. The molecule has 1 nitrogen and oxygen atoms in total. The summed E-state index contributed by atoms with van der Waals surface area (Å²) in [5.41, 5.74) is 4.64. The third-order valence-electron chi connectivity index (χ3n) is 3.31. The van der Waals surface area contributed by atoms with Crippen molar-refractivity contribution in [2.24, 2.45) is 0 Å². The minimum absolute atomic E-state index is 0.658. The Labute approximate surface area is 101 Å². The van der Waals surface area contributed by atoms with Crippen LogP contribution in [0.25, 0.3) is 11.1 Å². The second-order valence-corrected chi connectivity index (χ2v) is 4.60. The number of hydrogen-bond donors (Lipinski definition) is 0. The van der Waals surface area contributed by atoms with Crippen LogP contribution < -0.4 is 0 Å². The van der Waals surface area contributed by atoms with Gasteiger partial charge in [-0.15, -0.1) is 0 Å². The zero-order valence-corrected chi connectivity index (χ0v) is 9.60. The van der Waals surface area contributed by atoms with Gasteiger partial charge in [0.2, 0.25) is 0 Å². The van der Waals surface area contributed by atoms with Crippen LogP contribution >= 0.6 is 0 Å². The van der Waals surface area contributed by atoms with E-state index in [1.165, 1.54) is 29.5 Å². The van der Waals surface area contributed by atoms with Crippen molar-refractivity contribution in [1.82, 2.24) is 0 Å². The van der Waals surface area contributed by atoms with Crippen LogP contribution in [0.4, 0.5) is 0 Å². The van der Waals surface area contributed by atoms with Crippen molar-refractivity contribution < 1.29 is 4.79 Å². The molecule has 0 bridgehead atoms. The zero-order valence-electron chi connectivity index (χ0n) is 9.60. The molecule has 0 heterocycles. The predicted molar refractivity (Wildman–Crippen MR) is 69.2 cm³/mol. The largest absolute Gasteiger partial charge is 0.298 e. The van der Waals surface area contributed by atoms with E-state index in [4.69, 9.17) is 0 Å². The van der Waals surface area contributed by atoms with Gasteiger partial charge in [-0.2, -0.15) is 0 Å². The van der Waals surface area contributed by atoms with Crippen LogP contribution in [0.15, 0.2) is 48.5 Å². The van der Waals surface area contributed by atoms with Crippen LogP contribution in [-0.2, 0) is 0 Å². The Bertz CT molecular complexity index is 539. The number of aldehydes is 1. The number of carbonyl (C=O) groups is 1. The lowest BCUT2D eigenvalue weighted by atomic mass is 9.95. The molecule has 3 rings (SSSR count). The first-order valence-corrected chi connectivity index (χ1v) is 6.03. The molecule has 0 N–H and O–H groups in total. The topological polar surface area (TPSA) is 17.1 Å². The Morgan fingerprint density at radius 2 is 1.76 bits per heavy atom. The van der Waals surface area contributed by atoms with Crippen LogP contribution in [0.1, 0.15) is 34.7 Å². The van der Waals surface area contributed by atoms with Crippen LogP contribution in [0.5, 0.6) is 0 Å². The summed E-state index contributed by atoms with van der Waals surface area (Å²) in [4.78, 5) is 10.8. The van der Waals surface area contributed by atoms with E-state index in [0.29, 0.717) is 5.92 Å². The van der Waals surface area contributed by atoms with E-state index in [1.54, 1.807) is 0 Å². The first kappa shape index (κ1) is 10.3. The minimum atomic E-state index is 0.658. The molecular weight excluding hydrogens is 208 g/mol. The third kappa shape index (κ3) is 2.01. The summed E-state index contributed by atoms with van der Waals surface area (Å²) in [5, 5.41) is 0. The van der Waals surface area contributed by atoms with E-state index < -0.39 is 0 Å². The fraction of sp³-hybridized carbons (Fsp3) is 0.188. The van der Waals surface area contributed by atoms with Gasteiger partial charge in [0.05, 0.1) is 0 Å². The van der Waals surface area contributed by atoms with Crippen molar-refractivity contribution in [3.63, 3.8) is 0 Å². The van der Waals surface area contributed by atoms with Crippen molar-refractivity contribution in [3.8, 4) is 11.1 Å². The maximum absolute atomic E-state index is 10.8. The summed E-state index contributed by atoms with van der Waals surface area (Å²) < 4.78 is 0. The van der Waals surface area contributed by atoms with Gasteiger partial charge >= 0.3 is 0 Å². The molecule has 0 aromatic heterocycles. The first-order valence-electron chi connectivity index (χ1n) is 6.03. The number of hydrogen-bond acceptors (Lipinski definition) is 1. The molecule has 84 valence electrons. The Balaban J connectivity index is 2.12. The maximum Gasteiger partial charge on any atom is 0.150 e. The molecule has 17 heavy (non-hydrogen) atoms. The summed E-state index contributed by atoms with van der Waals surface area (Å²) in [6, 6.07) is 16.4. The van der Waals surface area contributed by atoms with E-state index >= 15 is 0 Å². The standard InChI is InChI=1S/C16H14O/c17-11-12-6-9-15(13-4-2-1-3-5-13)16(10-12)14-7-8-14/h1-6,9-11,14H,7-8H2. The van der Waals surface area contributed by atoms with Gasteiger partial charge in [0, 0.05) is 5.56 Å². The van der Waals surface area contributed by atoms with Crippen molar-refractivity contribution in [2.75, 3.05) is 0 Å². The van der Waals surface area contributed by atoms with Gasteiger partial charge in [0.25, 0.3) is 0 Å². The molecule has 0 amide bonds. The van der Waals surface area contributed by atoms with Crippen molar-refractivity contribution in [2.45, 2.75) is 18.8 Å². The predicted octanol–water partition coefficient (Wildman–Crippen LogP) is 4.04. The lowest BCUT2D eigenvalue weighted by molar-refractivity contribution is 0.112. The third-order valence-corrected chi connectivity index (χ3v) is 3.31. The molecule has 1 aliphatic carbocycles. The van der Waals surface area contributed by atoms with Gasteiger partial charge in [0.15, 0.2) is 0 Å². The lowest BCUT2D eigenvalue weighted by Gasteiger charge is -2.09. The monoisotopic (exact) mass is 222 g/mol. The molecule has 1 heteroatoms. The van der Waals surface area contributed by atoms with Gasteiger partial charge in [-0.25, -0.2) is 0 Å². The Kier molecular flexibility index (Phi) is 2.52. The molecule has 2 aromatic rings. The first-order chi connectivity index (χ1) is 8.38. The molecule has 0 saturated heterocycles. The van der Waals surface area contributed by atoms with Gasteiger partial charge in [-0.1, -0.05) is 42.5 Å². The van der Waals surface area contributed by atoms with Gasteiger partial charge < -0.3 is 0 Å². The number of rotatable bonds is 3. The molecule has 1 fully saturated rings. The van der Waals surface area contributed by atoms with Crippen molar-refractivity contribution >= 4 is 6.29 Å². The fourth-order valence-corrected chi connectivity index (χ4v) is 2.27. The summed E-state index contributed by atoms with van der Waals surface area (Å²) in [6.07, 6.45) is 3.44. The number of benzene rings is 2. The molecule has 0 atom stereocenters. The van der Waals surface area contributed by atoms with Gasteiger partial charge in [-0.05, 0) is 41.5 Å². The lowest BCUT2D eigenvalue weighted by Crippen LogP contribution is -1.90. The molecule has 1 aliphatic rings. The van der Waals surface area contributed by atoms with Crippen molar-refractivity contribution in [3.05, 3.63) is 59.7 Å². The second kappa shape index (κ2) is 4.17. The molecule has 0 unspecified atom stereocenters. The smallest absolute Gasteiger partial charge is 0.150 e. The Hall–Kier alpha value is -1.89. The quantitative estimate of drug-likeness (QED) is 0.716. The molecule has 1 saturated carbocycles. The zero-order chi connectivity index (χ0) is 11.7. The molecule has 0 spiro atoms. The molecular formula is C16H14O. The second-order valence-electron chi connectivity index (χ2n) is 4.60. The van der Waals surface area contributed by atoms with Crippen LogP contribution in [-0.4, -0.2) is 6.29 Å². The van der Waals surface area contributed by atoms with Crippen LogP contribution in [0.2, 0.25) is 0 Å². The van der Waals surface area contributed by atoms with E-state index in [2.05, 4.69) is 30.3 Å². The van der Waals surface area contributed by atoms with Crippen LogP contribution in [0, 0.1) is 0 Å². The van der Waals surface area contributed by atoms with Gasteiger partial charge in [0.1, 0.15) is 6.29 Å². The minimum Gasteiger partial charge on any atom is -0.298 e. The van der Waals surface area contributed by atoms with E-state index in [9.17, 15) is 4.79 Å². The highest BCUT2D eigenvalue weighted by atomic mass is 16.1.